The van der Waals surface area contributed by atoms with Crippen molar-refractivity contribution in [2.75, 3.05) is 0 Å². The van der Waals surface area contributed by atoms with E-state index in [0.29, 0.717) is 28.9 Å². The van der Waals surface area contributed by atoms with Gasteiger partial charge in [-0.2, -0.15) is 0 Å². The van der Waals surface area contributed by atoms with Crippen molar-refractivity contribution >= 4 is 17.0 Å². The maximum absolute atomic E-state index is 12.5. The molecule has 1 heterocycles. The van der Waals surface area contributed by atoms with Crippen molar-refractivity contribution in [1.29, 1.82) is 0 Å². The molecule has 0 saturated heterocycles. The number of carbonyl (C=O) groups is 1. The number of phenols is 1. The Bertz CT molecular complexity index is 1260. The number of hydrogen-bond acceptors (Lipinski definition) is 5. The summed E-state index contributed by atoms with van der Waals surface area (Å²) in [4.78, 5) is 13.9. The topological polar surface area (TPSA) is 77.2 Å². The van der Waals surface area contributed by atoms with Gasteiger partial charge in [0, 0.05) is 18.1 Å². The maximum Gasteiger partial charge on any atom is 0.311 e. The fraction of sp³-hybridized carbons (Fsp3) is 0.649. The standard InChI is InChI=1S/C37H57N3O3/c1-6-7-8-9-10-11-12-13-14-15-16-17-18-19-20-21-22-23-35(41)43-30-24-25-32-33(28-30)39-40(38-32)34-27-29(2)26-31(36(34)42)37(3,4)5/h24-28,42H,6-23H2,1-5H3. The molecule has 238 valence electrons. The molecule has 6 heteroatoms. The Morgan fingerprint density at radius 2 is 1.26 bits per heavy atom. The van der Waals surface area contributed by atoms with Gasteiger partial charge in [-0.1, -0.05) is 136 Å². The number of ether oxygens (including phenoxy) is 1. The monoisotopic (exact) mass is 591 g/mol. The number of phenolic OH excluding ortho intramolecular Hbond substituents is 1. The van der Waals surface area contributed by atoms with Gasteiger partial charge in [-0.05, 0) is 42.5 Å². The van der Waals surface area contributed by atoms with E-state index in [1.54, 1.807) is 18.2 Å². The van der Waals surface area contributed by atoms with Crippen molar-refractivity contribution in [2.45, 2.75) is 156 Å². The first kappa shape index (κ1) is 34.6. The molecule has 6 nitrogen and oxygen atoms in total. The predicted molar refractivity (Wildman–Crippen MR) is 178 cm³/mol. The number of unbranched alkanes of at least 4 members (excludes halogenated alkanes) is 16. The summed E-state index contributed by atoms with van der Waals surface area (Å²) < 4.78 is 5.61. The van der Waals surface area contributed by atoms with Crippen LogP contribution in [0.4, 0.5) is 0 Å². The molecule has 3 aromatic rings. The Balaban J connectivity index is 1.30. The number of aromatic nitrogens is 3. The van der Waals surface area contributed by atoms with Gasteiger partial charge in [0.15, 0.2) is 0 Å². The molecule has 0 aliphatic rings. The van der Waals surface area contributed by atoms with Gasteiger partial charge in [0.2, 0.25) is 0 Å². The van der Waals surface area contributed by atoms with E-state index in [0.717, 1.165) is 24.0 Å². The summed E-state index contributed by atoms with van der Waals surface area (Å²) in [6.45, 7) is 10.5. The lowest BCUT2D eigenvalue weighted by Gasteiger charge is -2.22. The number of aryl methyl sites for hydroxylation is 1. The highest BCUT2D eigenvalue weighted by molar-refractivity contribution is 5.78. The zero-order valence-electron chi connectivity index (χ0n) is 27.7. The number of hydrogen-bond donors (Lipinski definition) is 1. The van der Waals surface area contributed by atoms with Gasteiger partial charge in [-0.3, -0.25) is 4.79 Å². The minimum absolute atomic E-state index is 0.180. The number of carbonyl (C=O) groups excluding carboxylic acids is 1. The van der Waals surface area contributed by atoms with Gasteiger partial charge in [0.25, 0.3) is 0 Å². The largest absolute Gasteiger partial charge is 0.505 e. The second-order valence-corrected chi connectivity index (χ2v) is 13.5. The number of nitrogens with zero attached hydrogens (tertiary/aromatic N) is 3. The Morgan fingerprint density at radius 3 is 1.79 bits per heavy atom. The molecule has 0 saturated carbocycles. The second kappa shape index (κ2) is 18.0. The maximum atomic E-state index is 12.5. The molecule has 0 radical (unpaired) electrons. The summed E-state index contributed by atoms with van der Waals surface area (Å²) in [5, 5.41) is 20.1. The van der Waals surface area contributed by atoms with Crippen molar-refractivity contribution in [1.82, 2.24) is 15.0 Å². The third kappa shape index (κ3) is 12.0. The molecule has 0 spiro atoms. The summed E-state index contributed by atoms with van der Waals surface area (Å²) in [5.74, 6) is 0.443. The van der Waals surface area contributed by atoms with E-state index < -0.39 is 0 Å². The molecular weight excluding hydrogens is 534 g/mol. The van der Waals surface area contributed by atoms with Crippen LogP contribution >= 0.6 is 0 Å². The normalized spacial score (nSPS) is 11.8. The number of aromatic hydroxyl groups is 1. The number of rotatable bonds is 20. The van der Waals surface area contributed by atoms with E-state index in [-0.39, 0.29) is 17.1 Å². The average Bonchev–Trinajstić information content (AvgIpc) is 3.38. The van der Waals surface area contributed by atoms with Gasteiger partial charge < -0.3 is 9.84 Å². The number of esters is 1. The van der Waals surface area contributed by atoms with Crippen molar-refractivity contribution in [2.24, 2.45) is 0 Å². The fourth-order valence-electron chi connectivity index (χ4n) is 5.73. The fourth-order valence-corrected chi connectivity index (χ4v) is 5.73. The van der Waals surface area contributed by atoms with Gasteiger partial charge in [0.1, 0.15) is 28.2 Å². The van der Waals surface area contributed by atoms with Crippen LogP contribution in [0.5, 0.6) is 11.5 Å². The van der Waals surface area contributed by atoms with E-state index in [1.807, 2.05) is 19.1 Å². The van der Waals surface area contributed by atoms with Crippen LogP contribution in [0.3, 0.4) is 0 Å². The molecule has 0 amide bonds. The molecule has 3 rings (SSSR count). The van der Waals surface area contributed by atoms with Gasteiger partial charge in [-0.15, -0.1) is 15.0 Å². The smallest absolute Gasteiger partial charge is 0.311 e. The SMILES string of the molecule is CCCCCCCCCCCCCCCCCCCC(=O)Oc1ccc2nn(-c3cc(C)cc(C(C)(C)C)c3O)nc2c1. The molecule has 0 fully saturated rings. The third-order valence-electron chi connectivity index (χ3n) is 8.33. The van der Waals surface area contributed by atoms with E-state index in [4.69, 9.17) is 4.74 Å². The summed E-state index contributed by atoms with van der Waals surface area (Å²) in [6, 6.07) is 9.17. The Hall–Kier alpha value is -2.89. The first-order chi connectivity index (χ1) is 20.7. The lowest BCUT2D eigenvalue weighted by Crippen LogP contribution is -2.13. The van der Waals surface area contributed by atoms with E-state index in [2.05, 4.69) is 37.9 Å². The van der Waals surface area contributed by atoms with Crippen LogP contribution in [0.2, 0.25) is 0 Å². The van der Waals surface area contributed by atoms with Crippen LogP contribution in [0, 0.1) is 6.92 Å². The van der Waals surface area contributed by atoms with Crippen molar-refractivity contribution in [3.05, 3.63) is 41.5 Å². The first-order valence-electron chi connectivity index (χ1n) is 17.1. The van der Waals surface area contributed by atoms with Crippen molar-refractivity contribution < 1.29 is 14.6 Å². The highest BCUT2D eigenvalue weighted by atomic mass is 16.5. The zero-order chi connectivity index (χ0) is 31.1. The summed E-state index contributed by atoms with van der Waals surface area (Å²) in [5.41, 5.74) is 3.48. The molecule has 0 atom stereocenters. The van der Waals surface area contributed by atoms with Crippen LogP contribution < -0.4 is 4.74 Å². The Labute approximate surface area is 260 Å². The highest BCUT2D eigenvalue weighted by Gasteiger charge is 2.22. The number of benzene rings is 2. The quantitative estimate of drug-likeness (QED) is 0.0803. The molecule has 0 aliphatic heterocycles. The molecule has 1 aromatic heterocycles. The van der Waals surface area contributed by atoms with Gasteiger partial charge in [-0.25, -0.2) is 0 Å². The molecule has 1 N–H and O–H groups in total. The average molecular weight is 592 g/mol. The molecule has 0 bridgehead atoms. The molecule has 43 heavy (non-hydrogen) atoms. The van der Waals surface area contributed by atoms with Crippen LogP contribution in [-0.2, 0) is 10.2 Å². The Morgan fingerprint density at radius 1 is 0.744 bits per heavy atom. The molecule has 0 aliphatic carbocycles. The van der Waals surface area contributed by atoms with Crippen molar-refractivity contribution in [3.8, 4) is 17.2 Å². The van der Waals surface area contributed by atoms with Gasteiger partial charge in [0.05, 0.1) is 0 Å². The summed E-state index contributed by atoms with van der Waals surface area (Å²) in [7, 11) is 0. The predicted octanol–water partition coefficient (Wildman–Crippen LogP) is 10.7. The Kier molecular flexibility index (Phi) is 14.5. The molecular formula is C37H57N3O3. The van der Waals surface area contributed by atoms with Crippen LogP contribution in [0.15, 0.2) is 30.3 Å². The van der Waals surface area contributed by atoms with Crippen molar-refractivity contribution in [3.63, 3.8) is 0 Å². The highest BCUT2D eigenvalue weighted by Crippen LogP contribution is 2.36. The zero-order valence-corrected chi connectivity index (χ0v) is 27.7. The first-order valence-corrected chi connectivity index (χ1v) is 17.1. The summed E-state index contributed by atoms with van der Waals surface area (Å²) in [6.07, 6.45) is 22.9. The van der Waals surface area contributed by atoms with Gasteiger partial charge >= 0.3 is 5.97 Å². The third-order valence-corrected chi connectivity index (χ3v) is 8.33. The minimum atomic E-state index is -0.217. The lowest BCUT2D eigenvalue weighted by atomic mass is 9.85. The van der Waals surface area contributed by atoms with E-state index in [9.17, 15) is 9.90 Å². The van der Waals surface area contributed by atoms with E-state index >= 15 is 0 Å². The molecule has 2 aromatic carbocycles. The number of fused-ring (bicyclic) bond motifs is 1. The summed E-state index contributed by atoms with van der Waals surface area (Å²) >= 11 is 0. The second-order valence-electron chi connectivity index (χ2n) is 13.5. The van der Waals surface area contributed by atoms with Crippen LogP contribution in [0.1, 0.15) is 154 Å². The van der Waals surface area contributed by atoms with Crippen LogP contribution in [-0.4, -0.2) is 26.1 Å². The lowest BCUT2D eigenvalue weighted by molar-refractivity contribution is -0.134. The minimum Gasteiger partial charge on any atom is -0.505 e. The van der Waals surface area contributed by atoms with Crippen LogP contribution in [0.25, 0.3) is 16.7 Å². The van der Waals surface area contributed by atoms with E-state index in [1.165, 1.54) is 101 Å². The molecule has 0 unspecified atom stereocenters.